The Kier molecular flexibility index (Phi) is 12.2. The molecule has 6 rings (SSSR count). The molecular formula is C40H48F3N7O5S. The molecule has 2 aromatic rings. The van der Waals surface area contributed by atoms with Crippen LogP contribution in [0.25, 0.3) is 0 Å². The first-order valence-electron chi connectivity index (χ1n) is 19.2. The number of nitrogens with one attached hydrogen (secondary N) is 2. The Hall–Kier alpha value is -4.46. The SMILES string of the molecule is C[C@@H]1CC(CCOC2CCC(N3C(=S)N(c4ccc(C#N)c(C(F)(F)F)c4)C(=O)C3(C)C)CC2)C[C@H](C)N1CC(=O)Nc1ccc(C2CCC(=O)NC2=O)nc1. The third-order valence-corrected chi connectivity index (χ3v) is 12.2. The van der Waals surface area contributed by atoms with Crippen molar-refractivity contribution in [2.45, 2.75) is 127 Å². The summed E-state index contributed by atoms with van der Waals surface area (Å²) in [5, 5.41) is 14.6. The van der Waals surface area contributed by atoms with Crippen LogP contribution in [0.4, 0.5) is 24.5 Å². The largest absolute Gasteiger partial charge is 0.417 e. The lowest BCUT2D eigenvalue weighted by molar-refractivity contribution is -0.138. The molecule has 1 saturated carbocycles. The summed E-state index contributed by atoms with van der Waals surface area (Å²) >= 11 is 5.74. The monoisotopic (exact) mass is 795 g/mol. The fraction of sp³-hybridized carbons (Fsp3) is 0.575. The van der Waals surface area contributed by atoms with Gasteiger partial charge in [-0.1, -0.05) is 0 Å². The standard InChI is InChI=1S/C40H48F3N7O5S/c1-23-17-25(18-24(2)48(23)22-35(52)46-27-6-13-33(45-21-27)31-12-14-34(51)47-36(31)53)15-16-55-30-10-8-28(9-11-30)50-38(56)49(37(54)39(50,3)4)29-7-5-26(20-44)32(19-29)40(41,42)43/h5-7,13,19,21,23-25,28,30-31H,8-12,14-18,22H2,1-4H3,(H,46,52)(H,47,51,53)/t23-,24+,25?,28?,30?,31?. The highest BCUT2D eigenvalue weighted by molar-refractivity contribution is 7.80. The zero-order valence-corrected chi connectivity index (χ0v) is 32.8. The van der Waals surface area contributed by atoms with E-state index in [1.807, 2.05) is 4.90 Å². The van der Waals surface area contributed by atoms with Gasteiger partial charge in [-0.15, -0.1) is 0 Å². The van der Waals surface area contributed by atoms with E-state index in [1.165, 1.54) is 12.3 Å². The smallest absolute Gasteiger partial charge is 0.378 e. The molecule has 16 heteroatoms. The van der Waals surface area contributed by atoms with E-state index in [9.17, 15) is 37.6 Å². The molecule has 4 fully saturated rings. The average molecular weight is 796 g/mol. The van der Waals surface area contributed by atoms with Crippen LogP contribution in [0.15, 0.2) is 36.5 Å². The Bertz CT molecular complexity index is 1880. The first-order valence-corrected chi connectivity index (χ1v) is 19.6. The average Bonchev–Trinajstić information content (AvgIpc) is 3.32. The number of nitrogens with zero attached hydrogens (tertiary/aromatic N) is 5. The number of aromatic nitrogens is 1. The third-order valence-electron chi connectivity index (χ3n) is 11.8. The van der Waals surface area contributed by atoms with Gasteiger partial charge >= 0.3 is 6.18 Å². The summed E-state index contributed by atoms with van der Waals surface area (Å²) in [6, 6.07) is 8.54. The molecule has 0 spiro atoms. The van der Waals surface area contributed by atoms with E-state index in [-0.39, 0.29) is 65.7 Å². The second-order valence-electron chi connectivity index (χ2n) is 16.0. The van der Waals surface area contributed by atoms with Gasteiger partial charge in [-0.05, 0) is 128 Å². The number of thiocarbonyl (C=S) groups is 1. The first kappa shape index (κ1) is 41.2. The second-order valence-corrected chi connectivity index (χ2v) is 16.4. The van der Waals surface area contributed by atoms with E-state index in [0.717, 1.165) is 49.1 Å². The summed E-state index contributed by atoms with van der Waals surface area (Å²) in [6.07, 6.45) is 3.23. The number of piperidine rings is 2. The molecule has 4 aliphatic rings. The van der Waals surface area contributed by atoms with Crippen LogP contribution in [-0.4, -0.2) is 86.4 Å². The molecule has 2 unspecified atom stereocenters. The molecule has 2 N–H and O–H groups in total. The number of nitriles is 1. The van der Waals surface area contributed by atoms with E-state index in [1.54, 1.807) is 32.0 Å². The van der Waals surface area contributed by atoms with Gasteiger partial charge in [0, 0.05) is 31.2 Å². The number of carbonyl (C=O) groups is 4. The minimum absolute atomic E-state index is 0.00939. The molecule has 0 radical (unpaired) electrons. The van der Waals surface area contributed by atoms with E-state index in [2.05, 4.69) is 34.4 Å². The predicted octanol–water partition coefficient (Wildman–Crippen LogP) is 6.05. The molecule has 4 atom stereocenters. The second kappa shape index (κ2) is 16.6. The number of hydrogen-bond donors (Lipinski definition) is 2. The summed E-state index contributed by atoms with van der Waals surface area (Å²) in [6.45, 7) is 8.61. The van der Waals surface area contributed by atoms with Crippen LogP contribution >= 0.6 is 12.2 Å². The Morgan fingerprint density at radius 2 is 1.77 bits per heavy atom. The molecule has 1 aliphatic carbocycles. The fourth-order valence-electron chi connectivity index (χ4n) is 8.87. The van der Waals surface area contributed by atoms with Gasteiger partial charge in [-0.25, -0.2) is 0 Å². The number of anilines is 2. The van der Waals surface area contributed by atoms with Crippen molar-refractivity contribution in [3.05, 3.63) is 53.3 Å². The quantitative estimate of drug-likeness (QED) is 0.215. The van der Waals surface area contributed by atoms with E-state index >= 15 is 0 Å². The lowest BCUT2D eigenvalue weighted by Crippen LogP contribution is -2.51. The lowest BCUT2D eigenvalue weighted by Gasteiger charge is -2.42. The predicted molar refractivity (Wildman–Crippen MR) is 205 cm³/mol. The zero-order chi connectivity index (χ0) is 40.5. The molecular weight excluding hydrogens is 748 g/mol. The number of halogens is 3. The lowest BCUT2D eigenvalue weighted by atomic mass is 9.85. The van der Waals surface area contributed by atoms with Crippen molar-refractivity contribution >= 4 is 52.3 Å². The molecule has 12 nitrogen and oxygen atoms in total. The highest BCUT2D eigenvalue weighted by Gasteiger charge is 2.52. The summed E-state index contributed by atoms with van der Waals surface area (Å²) in [5.74, 6) is -1.23. The van der Waals surface area contributed by atoms with Crippen LogP contribution in [0.2, 0.25) is 0 Å². The maximum atomic E-state index is 13.7. The zero-order valence-electron chi connectivity index (χ0n) is 32.0. The van der Waals surface area contributed by atoms with Gasteiger partial charge in [0.25, 0.3) is 5.91 Å². The van der Waals surface area contributed by atoms with E-state index < -0.39 is 34.7 Å². The number of rotatable bonds is 10. The number of ether oxygens (including phenoxy) is 1. The third kappa shape index (κ3) is 8.74. The number of likely N-dealkylation sites (tertiary alicyclic amines) is 1. The van der Waals surface area contributed by atoms with Crippen molar-refractivity contribution in [1.82, 2.24) is 20.1 Å². The molecule has 300 valence electrons. The summed E-state index contributed by atoms with van der Waals surface area (Å²) in [7, 11) is 0. The van der Waals surface area contributed by atoms with E-state index in [0.29, 0.717) is 43.2 Å². The maximum absolute atomic E-state index is 13.7. The van der Waals surface area contributed by atoms with Crippen molar-refractivity contribution < 1.29 is 37.1 Å². The molecule has 0 bridgehead atoms. The number of hydrogen-bond acceptors (Lipinski definition) is 9. The number of carbonyl (C=O) groups excluding carboxylic acids is 4. The van der Waals surface area contributed by atoms with Gasteiger partial charge in [0.05, 0.1) is 59.0 Å². The Labute approximate surface area is 330 Å². The van der Waals surface area contributed by atoms with E-state index in [4.69, 9.17) is 17.0 Å². The molecule has 1 aromatic carbocycles. The number of imide groups is 1. The number of benzene rings is 1. The summed E-state index contributed by atoms with van der Waals surface area (Å²) in [5.41, 5.74) is -1.59. The van der Waals surface area contributed by atoms with Crippen molar-refractivity contribution in [3.8, 4) is 6.07 Å². The first-order chi connectivity index (χ1) is 26.5. The van der Waals surface area contributed by atoms with Gasteiger partial charge < -0.3 is 15.0 Å². The van der Waals surface area contributed by atoms with Crippen molar-refractivity contribution in [2.75, 3.05) is 23.4 Å². The van der Waals surface area contributed by atoms with Crippen LogP contribution in [0.5, 0.6) is 0 Å². The molecule has 1 aromatic heterocycles. The topological polar surface area (TPSA) is 148 Å². The van der Waals surface area contributed by atoms with Gasteiger partial charge in [-0.2, -0.15) is 18.4 Å². The van der Waals surface area contributed by atoms with Crippen molar-refractivity contribution in [1.29, 1.82) is 5.26 Å². The molecule has 4 heterocycles. The summed E-state index contributed by atoms with van der Waals surface area (Å²) in [4.78, 5) is 59.9. The van der Waals surface area contributed by atoms with Crippen LogP contribution < -0.4 is 15.5 Å². The van der Waals surface area contributed by atoms with Crippen molar-refractivity contribution in [2.24, 2.45) is 5.92 Å². The van der Waals surface area contributed by atoms with Crippen LogP contribution in [0, 0.1) is 17.2 Å². The molecule has 3 saturated heterocycles. The van der Waals surface area contributed by atoms with Gasteiger partial charge in [0.2, 0.25) is 17.7 Å². The van der Waals surface area contributed by atoms with Crippen LogP contribution in [0.1, 0.15) is 108 Å². The minimum atomic E-state index is -4.76. The highest BCUT2D eigenvalue weighted by Crippen LogP contribution is 2.41. The maximum Gasteiger partial charge on any atom is 0.417 e. The summed E-state index contributed by atoms with van der Waals surface area (Å²) < 4.78 is 47.5. The molecule has 4 amide bonds. The van der Waals surface area contributed by atoms with Crippen LogP contribution in [-0.2, 0) is 30.1 Å². The molecule has 56 heavy (non-hydrogen) atoms. The highest BCUT2D eigenvalue weighted by atomic mass is 32.1. The van der Waals surface area contributed by atoms with Crippen LogP contribution in [0.3, 0.4) is 0 Å². The number of pyridine rings is 1. The molecule has 3 aliphatic heterocycles. The van der Waals surface area contributed by atoms with Crippen molar-refractivity contribution in [3.63, 3.8) is 0 Å². The van der Waals surface area contributed by atoms with Gasteiger partial charge in [0.15, 0.2) is 5.11 Å². The minimum Gasteiger partial charge on any atom is -0.378 e. The van der Waals surface area contributed by atoms with Gasteiger partial charge in [0.1, 0.15) is 5.54 Å². The Balaban J connectivity index is 0.942. The Morgan fingerprint density at radius 1 is 1.07 bits per heavy atom. The fourth-order valence-corrected chi connectivity index (χ4v) is 9.43. The number of amides is 4. The van der Waals surface area contributed by atoms with Gasteiger partial charge in [-0.3, -0.25) is 39.3 Å². The normalized spacial score (nSPS) is 27.2. The Morgan fingerprint density at radius 3 is 2.38 bits per heavy atom. The number of alkyl halides is 3.